The minimum atomic E-state index is -0.244. The Labute approximate surface area is 133 Å². The molecule has 2 aromatic heterocycles. The first-order valence-corrected chi connectivity index (χ1v) is 8.04. The van der Waals surface area contributed by atoms with E-state index in [0.29, 0.717) is 19.1 Å². The second kappa shape index (κ2) is 5.77. The van der Waals surface area contributed by atoms with Crippen molar-refractivity contribution in [2.45, 2.75) is 25.9 Å². The Hall–Kier alpha value is -2.22. The predicted molar refractivity (Wildman–Crippen MR) is 83.2 cm³/mol. The molecule has 4 heterocycles. The van der Waals surface area contributed by atoms with Crippen LogP contribution in [0, 0.1) is 12.8 Å². The van der Waals surface area contributed by atoms with Crippen molar-refractivity contribution >= 4 is 17.4 Å². The smallest absolute Gasteiger partial charge is 0.249 e. The van der Waals surface area contributed by atoms with E-state index < -0.39 is 0 Å². The maximum atomic E-state index is 11.9. The third kappa shape index (κ3) is 2.74. The number of hydrogen-bond donors (Lipinski definition) is 1. The number of carbonyl (C=O) groups excluding carboxylic acids is 1. The summed E-state index contributed by atoms with van der Waals surface area (Å²) in [6, 6.07) is 3.89. The molecular weight excluding hydrogens is 296 g/mol. The van der Waals surface area contributed by atoms with Gasteiger partial charge in [-0.05, 0) is 31.9 Å². The zero-order valence-electron chi connectivity index (χ0n) is 13.1. The predicted octanol–water partition coefficient (Wildman–Crippen LogP) is 0.164. The van der Waals surface area contributed by atoms with Gasteiger partial charge in [0.05, 0.1) is 0 Å². The molecule has 8 heteroatoms. The van der Waals surface area contributed by atoms with Crippen molar-refractivity contribution < 1.29 is 9.53 Å². The lowest BCUT2D eigenvalue weighted by atomic mass is 10.00. The zero-order valence-corrected chi connectivity index (χ0v) is 13.1. The van der Waals surface area contributed by atoms with E-state index >= 15 is 0 Å². The summed E-state index contributed by atoms with van der Waals surface area (Å²) in [4.78, 5) is 14.1. The van der Waals surface area contributed by atoms with Gasteiger partial charge >= 0.3 is 0 Å². The van der Waals surface area contributed by atoms with E-state index in [1.54, 1.807) is 4.52 Å². The molecule has 1 unspecified atom stereocenters. The van der Waals surface area contributed by atoms with E-state index in [-0.39, 0.29) is 12.0 Å². The maximum absolute atomic E-state index is 11.9. The molecule has 8 nitrogen and oxygen atoms in total. The second-order valence-corrected chi connectivity index (χ2v) is 6.23. The van der Waals surface area contributed by atoms with E-state index in [1.807, 2.05) is 19.1 Å². The van der Waals surface area contributed by atoms with Gasteiger partial charge in [-0.25, -0.2) is 0 Å². The van der Waals surface area contributed by atoms with E-state index in [0.717, 1.165) is 43.2 Å². The lowest BCUT2D eigenvalue weighted by molar-refractivity contribution is -0.130. The first kappa shape index (κ1) is 14.4. The highest BCUT2D eigenvalue weighted by molar-refractivity contribution is 5.81. The number of amides is 1. The number of ether oxygens (including phenoxy) is 1. The lowest BCUT2D eigenvalue weighted by Gasteiger charge is -2.40. The number of aryl methyl sites for hydroxylation is 1. The quantitative estimate of drug-likeness (QED) is 0.865. The molecule has 1 amide bonds. The molecule has 4 rings (SSSR count). The van der Waals surface area contributed by atoms with Gasteiger partial charge in [0.1, 0.15) is 11.9 Å². The number of anilines is 1. The van der Waals surface area contributed by atoms with Gasteiger partial charge in [0.25, 0.3) is 0 Å². The first-order chi connectivity index (χ1) is 11.2. The monoisotopic (exact) mass is 316 g/mol. The second-order valence-electron chi connectivity index (χ2n) is 6.23. The van der Waals surface area contributed by atoms with Gasteiger partial charge in [0.15, 0.2) is 11.5 Å². The van der Waals surface area contributed by atoms with E-state index in [9.17, 15) is 4.79 Å². The van der Waals surface area contributed by atoms with E-state index in [4.69, 9.17) is 4.74 Å². The zero-order chi connectivity index (χ0) is 15.8. The number of aromatic nitrogens is 4. The largest absolute Gasteiger partial charge is 0.368 e. The van der Waals surface area contributed by atoms with Crippen molar-refractivity contribution in [3.05, 3.63) is 18.0 Å². The summed E-state index contributed by atoms with van der Waals surface area (Å²) in [6.07, 6.45) is 1.57. The number of carbonyl (C=O) groups is 1. The summed E-state index contributed by atoms with van der Waals surface area (Å²) in [5, 5.41) is 15.6. The summed E-state index contributed by atoms with van der Waals surface area (Å²) >= 11 is 0. The van der Waals surface area contributed by atoms with Crippen molar-refractivity contribution in [1.82, 2.24) is 25.1 Å². The van der Waals surface area contributed by atoms with E-state index in [1.165, 1.54) is 0 Å². The SMILES string of the molecule is Cc1nnc2ccc(N3CC(CNC(=O)C4CCCO4)C3)nn12. The molecule has 0 saturated carbocycles. The molecule has 0 radical (unpaired) electrons. The Morgan fingerprint density at radius 3 is 3.04 bits per heavy atom. The van der Waals surface area contributed by atoms with Crippen molar-refractivity contribution in [3.63, 3.8) is 0 Å². The average Bonchev–Trinajstić information content (AvgIpc) is 3.16. The van der Waals surface area contributed by atoms with Gasteiger partial charge in [0.2, 0.25) is 5.91 Å². The fourth-order valence-corrected chi connectivity index (χ4v) is 3.08. The van der Waals surface area contributed by atoms with Gasteiger partial charge in [-0.15, -0.1) is 15.3 Å². The summed E-state index contributed by atoms with van der Waals surface area (Å²) in [5.41, 5.74) is 0.757. The summed E-state index contributed by atoms with van der Waals surface area (Å²) in [5.74, 6) is 2.19. The van der Waals surface area contributed by atoms with Crippen molar-refractivity contribution in [2.75, 3.05) is 31.1 Å². The van der Waals surface area contributed by atoms with Crippen LogP contribution in [0.25, 0.3) is 5.65 Å². The maximum Gasteiger partial charge on any atom is 0.249 e. The molecule has 2 aromatic rings. The van der Waals surface area contributed by atoms with Gasteiger partial charge in [-0.2, -0.15) is 4.52 Å². The standard InChI is InChI=1S/C15H20N6O2/c1-10-17-18-13-4-5-14(19-21(10)13)20-8-11(9-20)7-16-15(22)12-3-2-6-23-12/h4-5,11-12H,2-3,6-9H2,1H3,(H,16,22). The third-order valence-electron chi connectivity index (χ3n) is 4.47. The summed E-state index contributed by atoms with van der Waals surface area (Å²) < 4.78 is 7.14. The van der Waals surface area contributed by atoms with Gasteiger partial charge in [-0.1, -0.05) is 0 Å². The summed E-state index contributed by atoms with van der Waals surface area (Å²) in [6.45, 7) is 5.07. The molecule has 23 heavy (non-hydrogen) atoms. The van der Waals surface area contributed by atoms with Crippen LogP contribution in [0.4, 0.5) is 5.82 Å². The molecule has 0 aromatic carbocycles. The Kier molecular flexibility index (Phi) is 3.60. The van der Waals surface area contributed by atoms with Crippen LogP contribution in [-0.2, 0) is 9.53 Å². The minimum Gasteiger partial charge on any atom is -0.368 e. The highest BCUT2D eigenvalue weighted by Gasteiger charge is 2.30. The number of nitrogens with zero attached hydrogens (tertiary/aromatic N) is 5. The van der Waals surface area contributed by atoms with Crippen LogP contribution in [-0.4, -0.2) is 58.1 Å². The molecule has 2 fully saturated rings. The highest BCUT2D eigenvalue weighted by atomic mass is 16.5. The van der Waals surface area contributed by atoms with Crippen LogP contribution in [0.15, 0.2) is 12.1 Å². The molecular formula is C15H20N6O2. The molecule has 0 spiro atoms. The fraction of sp³-hybridized carbons (Fsp3) is 0.600. The Balaban J connectivity index is 1.30. The lowest BCUT2D eigenvalue weighted by Crippen LogP contribution is -2.52. The molecule has 0 aliphatic carbocycles. The van der Waals surface area contributed by atoms with Gasteiger partial charge < -0.3 is 15.0 Å². The molecule has 122 valence electrons. The first-order valence-electron chi connectivity index (χ1n) is 8.04. The third-order valence-corrected chi connectivity index (χ3v) is 4.47. The number of fused-ring (bicyclic) bond motifs is 1. The van der Waals surface area contributed by atoms with Crippen LogP contribution >= 0.6 is 0 Å². The number of rotatable bonds is 4. The molecule has 2 aliphatic heterocycles. The van der Waals surface area contributed by atoms with Crippen LogP contribution in [0.2, 0.25) is 0 Å². The van der Waals surface area contributed by atoms with Crippen LogP contribution < -0.4 is 10.2 Å². The van der Waals surface area contributed by atoms with Gasteiger partial charge in [0, 0.05) is 32.2 Å². The summed E-state index contributed by atoms with van der Waals surface area (Å²) in [7, 11) is 0. The molecule has 2 saturated heterocycles. The number of nitrogens with one attached hydrogen (secondary N) is 1. The highest BCUT2D eigenvalue weighted by Crippen LogP contribution is 2.22. The topological polar surface area (TPSA) is 84.7 Å². The molecule has 0 bridgehead atoms. The Morgan fingerprint density at radius 2 is 2.26 bits per heavy atom. The van der Waals surface area contributed by atoms with Crippen LogP contribution in [0.5, 0.6) is 0 Å². The minimum absolute atomic E-state index is 0.0283. The average molecular weight is 316 g/mol. The van der Waals surface area contributed by atoms with Crippen molar-refractivity contribution in [3.8, 4) is 0 Å². The van der Waals surface area contributed by atoms with Crippen molar-refractivity contribution in [1.29, 1.82) is 0 Å². The van der Waals surface area contributed by atoms with Crippen LogP contribution in [0.3, 0.4) is 0 Å². The van der Waals surface area contributed by atoms with Gasteiger partial charge in [-0.3, -0.25) is 4.79 Å². The van der Waals surface area contributed by atoms with E-state index in [2.05, 4.69) is 25.5 Å². The fourth-order valence-electron chi connectivity index (χ4n) is 3.08. The molecule has 1 atom stereocenters. The number of hydrogen-bond acceptors (Lipinski definition) is 6. The normalized spacial score (nSPS) is 21.6. The van der Waals surface area contributed by atoms with Crippen molar-refractivity contribution in [2.24, 2.45) is 5.92 Å². The Bertz CT molecular complexity index is 718. The van der Waals surface area contributed by atoms with Crippen LogP contribution in [0.1, 0.15) is 18.7 Å². The molecule has 1 N–H and O–H groups in total. The Morgan fingerprint density at radius 1 is 1.39 bits per heavy atom. The molecule has 2 aliphatic rings.